The van der Waals surface area contributed by atoms with E-state index in [0.29, 0.717) is 6.54 Å². The van der Waals surface area contributed by atoms with Gasteiger partial charge in [-0.25, -0.2) is 0 Å². The Hall–Kier alpha value is -1.68. The quantitative estimate of drug-likeness (QED) is 0.679. The maximum Gasteiger partial charge on any atom is 0.250 e. The Morgan fingerprint density at radius 1 is 1.28 bits per heavy atom. The third-order valence-corrected chi connectivity index (χ3v) is 3.84. The fourth-order valence-corrected chi connectivity index (χ4v) is 2.69. The van der Waals surface area contributed by atoms with Crippen molar-refractivity contribution in [2.75, 3.05) is 11.5 Å². The van der Waals surface area contributed by atoms with Gasteiger partial charge in [-0.2, -0.15) is 0 Å². The molecule has 1 aromatic heterocycles. The second kappa shape index (κ2) is 5.78. The first-order valence-electron chi connectivity index (χ1n) is 5.81. The summed E-state index contributed by atoms with van der Waals surface area (Å²) >= 11 is 1.73. The normalized spacial score (nSPS) is 10.5. The fraction of sp³-hybridized carbons (Fsp3) is 0.214. The van der Waals surface area contributed by atoms with E-state index in [2.05, 4.69) is 6.92 Å². The number of aryl methyl sites for hydroxylation is 2. The molecule has 0 fully saturated rings. The summed E-state index contributed by atoms with van der Waals surface area (Å²) in [6.45, 7) is 2.77. The SMILES string of the molecule is Cc1ccc(N)cc1SCCn1ccccc1=O. The van der Waals surface area contributed by atoms with Crippen LogP contribution in [0.1, 0.15) is 5.56 Å². The summed E-state index contributed by atoms with van der Waals surface area (Å²) in [7, 11) is 0. The zero-order valence-electron chi connectivity index (χ0n) is 10.3. The van der Waals surface area contributed by atoms with Crippen LogP contribution in [-0.2, 0) is 6.54 Å². The number of pyridine rings is 1. The summed E-state index contributed by atoms with van der Waals surface area (Å²) < 4.78 is 1.72. The van der Waals surface area contributed by atoms with Crippen molar-refractivity contribution in [3.8, 4) is 0 Å². The highest BCUT2D eigenvalue weighted by Crippen LogP contribution is 2.24. The second-order valence-corrected chi connectivity index (χ2v) is 5.24. The molecule has 2 N–H and O–H groups in total. The summed E-state index contributed by atoms with van der Waals surface area (Å²) in [4.78, 5) is 12.7. The molecule has 0 aliphatic carbocycles. The van der Waals surface area contributed by atoms with Gasteiger partial charge in [-0.3, -0.25) is 4.79 Å². The van der Waals surface area contributed by atoms with Gasteiger partial charge in [0.1, 0.15) is 0 Å². The molecule has 0 saturated heterocycles. The molecule has 0 radical (unpaired) electrons. The van der Waals surface area contributed by atoms with Gasteiger partial charge in [0.15, 0.2) is 0 Å². The first-order valence-corrected chi connectivity index (χ1v) is 6.80. The number of hydrogen-bond donors (Lipinski definition) is 1. The predicted molar refractivity (Wildman–Crippen MR) is 77.0 cm³/mol. The van der Waals surface area contributed by atoms with E-state index in [1.165, 1.54) is 10.5 Å². The van der Waals surface area contributed by atoms with Crippen LogP contribution in [0, 0.1) is 6.92 Å². The minimum absolute atomic E-state index is 0.0439. The molecule has 0 saturated carbocycles. The lowest BCUT2D eigenvalue weighted by molar-refractivity contribution is 0.735. The number of benzene rings is 1. The number of rotatable bonds is 4. The molecular weight excluding hydrogens is 244 g/mol. The number of nitrogens with two attached hydrogens (primary N) is 1. The maximum absolute atomic E-state index is 11.5. The Morgan fingerprint density at radius 3 is 2.89 bits per heavy atom. The number of thioether (sulfide) groups is 1. The van der Waals surface area contributed by atoms with Crippen molar-refractivity contribution in [1.29, 1.82) is 0 Å². The van der Waals surface area contributed by atoms with Crippen molar-refractivity contribution in [3.05, 3.63) is 58.5 Å². The maximum atomic E-state index is 11.5. The number of hydrogen-bond acceptors (Lipinski definition) is 3. The van der Waals surface area contributed by atoms with Crippen molar-refractivity contribution >= 4 is 17.4 Å². The van der Waals surface area contributed by atoms with E-state index in [1.807, 2.05) is 30.5 Å². The van der Waals surface area contributed by atoms with E-state index in [1.54, 1.807) is 28.5 Å². The van der Waals surface area contributed by atoms with Crippen LogP contribution in [-0.4, -0.2) is 10.3 Å². The molecule has 0 amide bonds. The molecule has 0 unspecified atom stereocenters. The van der Waals surface area contributed by atoms with Gasteiger partial charge in [0.2, 0.25) is 0 Å². The second-order valence-electron chi connectivity index (χ2n) is 4.11. The van der Waals surface area contributed by atoms with E-state index < -0.39 is 0 Å². The molecule has 0 spiro atoms. The molecule has 4 heteroatoms. The minimum Gasteiger partial charge on any atom is -0.399 e. The van der Waals surface area contributed by atoms with Gasteiger partial charge in [0, 0.05) is 35.1 Å². The summed E-state index contributed by atoms with van der Waals surface area (Å²) in [5, 5.41) is 0. The van der Waals surface area contributed by atoms with E-state index in [0.717, 1.165) is 11.4 Å². The number of nitrogens with zero attached hydrogens (tertiary/aromatic N) is 1. The third kappa shape index (κ3) is 3.17. The lowest BCUT2D eigenvalue weighted by atomic mass is 10.2. The Balaban J connectivity index is 1.99. The molecule has 1 aromatic carbocycles. The minimum atomic E-state index is 0.0439. The largest absolute Gasteiger partial charge is 0.399 e. The van der Waals surface area contributed by atoms with Crippen LogP contribution >= 0.6 is 11.8 Å². The average molecular weight is 260 g/mol. The van der Waals surface area contributed by atoms with Crippen LogP contribution in [0.3, 0.4) is 0 Å². The summed E-state index contributed by atoms with van der Waals surface area (Å²) in [6.07, 6.45) is 1.81. The smallest absolute Gasteiger partial charge is 0.250 e. The van der Waals surface area contributed by atoms with Gasteiger partial charge in [0.05, 0.1) is 0 Å². The van der Waals surface area contributed by atoms with Crippen LogP contribution in [0.25, 0.3) is 0 Å². The zero-order chi connectivity index (χ0) is 13.0. The third-order valence-electron chi connectivity index (χ3n) is 2.70. The highest BCUT2D eigenvalue weighted by molar-refractivity contribution is 7.99. The summed E-state index contributed by atoms with van der Waals surface area (Å²) in [5.74, 6) is 0.855. The molecule has 0 aliphatic heterocycles. The number of nitrogen functional groups attached to an aromatic ring is 1. The summed E-state index contributed by atoms with van der Waals surface area (Å²) in [5.41, 5.74) is 7.80. The van der Waals surface area contributed by atoms with E-state index in [9.17, 15) is 4.79 Å². The standard InChI is InChI=1S/C14H16N2OS/c1-11-5-6-12(15)10-13(11)18-9-8-16-7-3-2-4-14(16)17/h2-7,10H,8-9,15H2,1H3. The Morgan fingerprint density at radius 2 is 2.11 bits per heavy atom. The van der Waals surface area contributed by atoms with Crippen LogP contribution in [0.4, 0.5) is 5.69 Å². The summed E-state index contributed by atoms with van der Waals surface area (Å²) in [6, 6.07) is 11.1. The average Bonchev–Trinajstić information content (AvgIpc) is 2.36. The highest BCUT2D eigenvalue weighted by atomic mass is 32.2. The van der Waals surface area contributed by atoms with E-state index in [4.69, 9.17) is 5.73 Å². The van der Waals surface area contributed by atoms with E-state index in [-0.39, 0.29) is 5.56 Å². The Bertz CT molecular complexity index is 592. The molecule has 94 valence electrons. The molecule has 2 rings (SSSR count). The number of aromatic nitrogens is 1. The van der Waals surface area contributed by atoms with Gasteiger partial charge in [-0.15, -0.1) is 11.8 Å². The van der Waals surface area contributed by atoms with Gasteiger partial charge in [0.25, 0.3) is 5.56 Å². The lowest BCUT2D eigenvalue weighted by Crippen LogP contribution is -2.18. The first-order chi connectivity index (χ1) is 8.66. The molecule has 0 atom stereocenters. The van der Waals surface area contributed by atoms with E-state index >= 15 is 0 Å². The molecule has 0 aliphatic rings. The molecule has 3 nitrogen and oxygen atoms in total. The fourth-order valence-electron chi connectivity index (χ4n) is 1.67. The van der Waals surface area contributed by atoms with Crippen LogP contribution in [0.2, 0.25) is 0 Å². The van der Waals surface area contributed by atoms with Gasteiger partial charge in [-0.05, 0) is 30.7 Å². The first kappa shape index (κ1) is 12.8. The Kier molecular flexibility index (Phi) is 4.10. The van der Waals surface area contributed by atoms with Crippen molar-refractivity contribution in [1.82, 2.24) is 4.57 Å². The van der Waals surface area contributed by atoms with Crippen LogP contribution < -0.4 is 11.3 Å². The van der Waals surface area contributed by atoms with Gasteiger partial charge in [-0.1, -0.05) is 12.1 Å². The lowest BCUT2D eigenvalue weighted by Gasteiger charge is -2.08. The van der Waals surface area contributed by atoms with Crippen molar-refractivity contribution < 1.29 is 0 Å². The highest BCUT2D eigenvalue weighted by Gasteiger charge is 2.00. The number of anilines is 1. The topological polar surface area (TPSA) is 48.0 Å². The van der Waals surface area contributed by atoms with Crippen molar-refractivity contribution in [3.63, 3.8) is 0 Å². The molecule has 18 heavy (non-hydrogen) atoms. The van der Waals surface area contributed by atoms with Crippen LogP contribution in [0.5, 0.6) is 0 Å². The molecule has 2 aromatic rings. The monoisotopic (exact) mass is 260 g/mol. The van der Waals surface area contributed by atoms with Gasteiger partial charge < -0.3 is 10.3 Å². The van der Waals surface area contributed by atoms with Crippen molar-refractivity contribution in [2.24, 2.45) is 0 Å². The predicted octanol–water partition coefficient (Wildman–Crippen LogP) is 2.53. The van der Waals surface area contributed by atoms with Gasteiger partial charge >= 0.3 is 0 Å². The van der Waals surface area contributed by atoms with Crippen LogP contribution in [0.15, 0.2) is 52.3 Å². The Labute approximate surface area is 111 Å². The van der Waals surface area contributed by atoms with Crippen molar-refractivity contribution in [2.45, 2.75) is 18.4 Å². The zero-order valence-corrected chi connectivity index (χ0v) is 11.1. The molecular formula is C14H16N2OS. The molecule has 1 heterocycles. The molecule has 0 bridgehead atoms.